The first-order valence-electron chi connectivity index (χ1n) is 5.29. The highest BCUT2D eigenvalue weighted by molar-refractivity contribution is 8.00. The van der Waals surface area contributed by atoms with Crippen LogP contribution in [0, 0.1) is 0 Å². The van der Waals surface area contributed by atoms with Gasteiger partial charge in [-0.2, -0.15) is 0 Å². The van der Waals surface area contributed by atoms with Crippen LogP contribution in [0.25, 0.3) is 0 Å². The Kier molecular flexibility index (Phi) is 6.05. The lowest BCUT2D eigenvalue weighted by Gasteiger charge is -2.17. The van der Waals surface area contributed by atoms with E-state index in [4.69, 9.17) is 14.2 Å². The van der Waals surface area contributed by atoms with Crippen LogP contribution in [0.15, 0.2) is 0 Å². The van der Waals surface area contributed by atoms with E-state index in [1.54, 1.807) is 11.8 Å². The summed E-state index contributed by atoms with van der Waals surface area (Å²) in [6, 6.07) is 0. The second kappa shape index (κ2) is 7.09. The fourth-order valence-corrected chi connectivity index (χ4v) is 2.39. The highest BCUT2D eigenvalue weighted by atomic mass is 32.2. The number of carbonyl (C=O) groups is 1. The molecule has 88 valence electrons. The van der Waals surface area contributed by atoms with Crippen LogP contribution in [-0.4, -0.2) is 43.1 Å². The van der Waals surface area contributed by atoms with Gasteiger partial charge in [-0.05, 0) is 13.8 Å². The molecule has 1 unspecified atom stereocenters. The first kappa shape index (κ1) is 12.8. The summed E-state index contributed by atoms with van der Waals surface area (Å²) in [4.78, 5) is 11.2. The van der Waals surface area contributed by atoms with Crippen LogP contribution in [0.3, 0.4) is 0 Å². The van der Waals surface area contributed by atoms with Gasteiger partial charge in [-0.3, -0.25) is 4.79 Å². The molecule has 1 aliphatic heterocycles. The van der Waals surface area contributed by atoms with Crippen molar-refractivity contribution in [3.05, 3.63) is 0 Å². The molecule has 1 saturated heterocycles. The van der Waals surface area contributed by atoms with Crippen LogP contribution in [-0.2, 0) is 19.0 Å². The van der Waals surface area contributed by atoms with Crippen molar-refractivity contribution < 1.29 is 19.0 Å². The topological polar surface area (TPSA) is 44.8 Å². The van der Waals surface area contributed by atoms with Crippen LogP contribution in [0.1, 0.15) is 20.3 Å². The number of hydrogen-bond acceptors (Lipinski definition) is 5. The molecule has 1 fully saturated rings. The number of carbonyl (C=O) groups excluding carboxylic acids is 1. The lowest BCUT2D eigenvalue weighted by Crippen LogP contribution is -2.22. The number of esters is 1. The maximum absolute atomic E-state index is 11.2. The molecular weight excluding hydrogens is 216 g/mol. The maximum Gasteiger partial charge on any atom is 0.319 e. The zero-order chi connectivity index (χ0) is 11.1. The number of rotatable bonds is 7. The summed E-state index contributed by atoms with van der Waals surface area (Å²) in [6.07, 6.45) is 0.590. The Morgan fingerprint density at radius 3 is 2.60 bits per heavy atom. The number of hydrogen-bond donors (Lipinski definition) is 0. The molecule has 0 aromatic carbocycles. The van der Waals surface area contributed by atoms with Gasteiger partial charge in [0.25, 0.3) is 0 Å². The van der Waals surface area contributed by atoms with Crippen molar-refractivity contribution in [1.82, 2.24) is 0 Å². The monoisotopic (exact) mass is 234 g/mol. The second-order valence-electron chi connectivity index (χ2n) is 3.12. The zero-order valence-corrected chi connectivity index (χ0v) is 10.0. The molecule has 0 radical (unpaired) electrons. The van der Waals surface area contributed by atoms with Crippen LogP contribution >= 0.6 is 11.8 Å². The Morgan fingerprint density at radius 2 is 2.13 bits per heavy atom. The van der Waals surface area contributed by atoms with E-state index in [9.17, 15) is 4.79 Å². The maximum atomic E-state index is 11.2. The summed E-state index contributed by atoms with van der Waals surface area (Å²) in [5.41, 5.74) is 0. The predicted molar refractivity (Wildman–Crippen MR) is 58.9 cm³/mol. The lowest BCUT2D eigenvalue weighted by atomic mass is 10.4. The molecule has 15 heavy (non-hydrogen) atoms. The molecular formula is C10H18O4S. The first-order valence-corrected chi connectivity index (χ1v) is 6.34. The largest absolute Gasteiger partial charge is 0.465 e. The number of ether oxygens (including phenoxy) is 3. The molecule has 0 aromatic rings. The van der Waals surface area contributed by atoms with Crippen LogP contribution in [0.5, 0.6) is 0 Å². The zero-order valence-electron chi connectivity index (χ0n) is 9.23. The van der Waals surface area contributed by atoms with Gasteiger partial charge in [-0.15, -0.1) is 11.8 Å². The van der Waals surface area contributed by atoms with Gasteiger partial charge < -0.3 is 14.2 Å². The van der Waals surface area contributed by atoms with Crippen molar-refractivity contribution in [2.75, 3.05) is 25.6 Å². The van der Waals surface area contributed by atoms with E-state index in [0.29, 0.717) is 25.6 Å². The smallest absolute Gasteiger partial charge is 0.319 e. The third kappa shape index (κ3) is 4.40. The van der Waals surface area contributed by atoms with Crippen LogP contribution in [0.4, 0.5) is 0 Å². The molecule has 4 nitrogen and oxygen atoms in total. The van der Waals surface area contributed by atoms with E-state index in [2.05, 4.69) is 0 Å². The van der Waals surface area contributed by atoms with Gasteiger partial charge in [0, 0.05) is 25.4 Å². The van der Waals surface area contributed by atoms with Crippen LogP contribution < -0.4 is 0 Å². The Hall–Kier alpha value is -0.260. The van der Waals surface area contributed by atoms with Crippen molar-refractivity contribution in [3.63, 3.8) is 0 Å². The molecule has 0 bridgehead atoms. The molecule has 0 saturated carbocycles. The fraction of sp³-hybridized carbons (Fsp3) is 0.900. The summed E-state index contributed by atoms with van der Waals surface area (Å²) >= 11 is 1.56. The Labute approximate surface area is 94.6 Å². The molecule has 1 rings (SSSR count). The lowest BCUT2D eigenvalue weighted by molar-refractivity contribution is -0.137. The van der Waals surface area contributed by atoms with Crippen molar-refractivity contribution in [2.45, 2.75) is 31.8 Å². The van der Waals surface area contributed by atoms with Gasteiger partial charge in [0.05, 0.1) is 6.61 Å². The third-order valence-corrected chi connectivity index (χ3v) is 3.32. The Balaban J connectivity index is 2.22. The Bertz CT molecular complexity index is 192. The summed E-state index contributed by atoms with van der Waals surface area (Å²) in [6.45, 7) is 5.66. The van der Waals surface area contributed by atoms with E-state index in [1.807, 2.05) is 13.8 Å². The highest BCUT2D eigenvalue weighted by Crippen LogP contribution is 2.23. The molecule has 0 N–H and O–H groups in total. The second-order valence-corrected chi connectivity index (χ2v) is 4.35. The number of thioether (sulfide) groups is 1. The molecule has 1 heterocycles. The molecule has 1 aliphatic rings. The van der Waals surface area contributed by atoms with E-state index in [-0.39, 0.29) is 17.5 Å². The van der Waals surface area contributed by atoms with Gasteiger partial charge >= 0.3 is 5.97 Å². The van der Waals surface area contributed by atoms with Crippen molar-refractivity contribution in [3.8, 4) is 0 Å². The van der Waals surface area contributed by atoms with Gasteiger partial charge in [-0.1, -0.05) is 0 Å². The summed E-state index contributed by atoms with van der Waals surface area (Å²) in [5, 5.41) is -0.0339. The molecule has 5 heteroatoms. The molecule has 0 amide bonds. The molecule has 0 spiro atoms. The Morgan fingerprint density at radius 1 is 1.47 bits per heavy atom. The van der Waals surface area contributed by atoms with E-state index < -0.39 is 0 Å². The van der Waals surface area contributed by atoms with Gasteiger partial charge in [0.15, 0.2) is 6.29 Å². The predicted octanol–water partition coefficient (Wildman–Crippen LogP) is 1.43. The standard InChI is InChI=1S/C10H18O4S/c1-3-12-9(13-4-2)7-15-8-5-6-14-10(8)11/h8-9H,3-7H2,1-2H3. The van der Waals surface area contributed by atoms with Gasteiger partial charge in [0.1, 0.15) is 5.25 Å². The third-order valence-electron chi connectivity index (χ3n) is 2.03. The minimum atomic E-state index is -0.210. The molecule has 0 aromatic heterocycles. The normalized spacial score (nSPS) is 21.0. The molecule has 1 atom stereocenters. The van der Waals surface area contributed by atoms with Crippen LogP contribution in [0.2, 0.25) is 0 Å². The van der Waals surface area contributed by atoms with Crippen molar-refractivity contribution >= 4 is 17.7 Å². The summed E-state index contributed by atoms with van der Waals surface area (Å²) in [5.74, 6) is 0.577. The summed E-state index contributed by atoms with van der Waals surface area (Å²) < 4.78 is 15.6. The van der Waals surface area contributed by atoms with Gasteiger partial charge in [-0.25, -0.2) is 0 Å². The molecule has 0 aliphatic carbocycles. The average molecular weight is 234 g/mol. The average Bonchev–Trinajstić information content (AvgIpc) is 2.61. The van der Waals surface area contributed by atoms with Crippen molar-refractivity contribution in [1.29, 1.82) is 0 Å². The highest BCUT2D eigenvalue weighted by Gasteiger charge is 2.27. The quantitative estimate of drug-likeness (QED) is 0.492. The minimum Gasteiger partial charge on any atom is -0.465 e. The fourth-order valence-electron chi connectivity index (χ4n) is 1.34. The first-order chi connectivity index (χ1) is 7.27. The van der Waals surface area contributed by atoms with Gasteiger partial charge in [0.2, 0.25) is 0 Å². The van der Waals surface area contributed by atoms with E-state index in [0.717, 1.165) is 6.42 Å². The summed E-state index contributed by atoms with van der Waals surface area (Å²) in [7, 11) is 0. The van der Waals surface area contributed by atoms with E-state index >= 15 is 0 Å². The van der Waals surface area contributed by atoms with E-state index in [1.165, 1.54) is 0 Å². The minimum absolute atomic E-state index is 0.0339. The SMILES string of the molecule is CCOC(CSC1CCOC1=O)OCC. The number of cyclic esters (lactones) is 1. The van der Waals surface area contributed by atoms with Crippen molar-refractivity contribution in [2.24, 2.45) is 0 Å².